The number of nitrogens with one attached hydrogen (secondary N) is 2. The van der Waals surface area contributed by atoms with Gasteiger partial charge in [0.15, 0.2) is 0 Å². The molecule has 2 aromatic carbocycles. The number of hydrogen-bond donors (Lipinski definition) is 2. The van der Waals surface area contributed by atoms with Gasteiger partial charge in [0, 0.05) is 24.1 Å². The van der Waals surface area contributed by atoms with Crippen LogP contribution in [-0.4, -0.2) is 24.6 Å². The molecular weight excluding hydrogens is 315 g/mol. The van der Waals surface area contributed by atoms with Gasteiger partial charge in [-0.25, -0.2) is 4.39 Å². The number of amides is 2. The quantitative estimate of drug-likeness (QED) is 0.800. The van der Waals surface area contributed by atoms with E-state index in [2.05, 4.69) is 10.6 Å². The first-order valence-corrected chi connectivity index (χ1v) is 8.04. The van der Waals surface area contributed by atoms with Crippen LogP contribution in [0, 0.1) is 5.82 Å². The SMILES string of the molecule is CNC(=O)c1ccc(CNC(=O)CSc2ccccc2F)cc1. The van der Waals surface area contributed by atoms with E-state index >= 15 is 0 Å². The van der Waals surface area contributed by atoms with Crippen LogP contribution in [0.25, 0.3) is 0 Å². The molecule has 2 N–H and O–H groups in total. The number of rotatable bonds is 6. The molecule has 0 aliphatic heterocycles. The van der Waals surface area contributed by atoms with E-state index in [1.54, 1.807) is 49.5 Å². The molecule has 0 atom stereocenters. The minimum Gasteiger partial charge on any atom is -0.355 e. The molecule has 0 saturated carbocycles. The summed E-state index contributed by atoms with van der Waals surface area (Å²) in [6.07, 6.45) is 0. The maximum Gasteiger partial charge on any atom is 0.251 e. The molecule has 0 aliphatic carbocycles. The van der Waals surface area contributed by atoms with E-state index in [1.807, 2.05) is 0 Å². The van der Waals surface area contributed by atoms with E-state index in [0.29, 0.717) is 17.0 Å². The highest BCUT2D eigenvalue weighted by Gasteiger charge is 2.07. The van der Waals surface area contributed by atoms with Crippen LogP contribution in [0.5, 0.6) is 0 Å². The van der Waals surface area contributed by atoms with E-state index in [0.717, 1.165) is 17.3 Å². The molecule has 0 radical (unpaired) electrons. The standard InChI is InChI=1S/C17H17FN2O2S/c1-19-17(22)13-8-6-12(7-9-13)10-20-16(21)11-23-15-5-3-2-4-14(15)18/h2-9H,10-11H2,1H3,(H,19,22)(H,20,21). The predicted molar refractivity (Wildman–Crippen MR) is 88.8 cm³/mol. The number of hydrogen-bond acceptors (Lipinski definition) is 3. The van der Waals surface area contributed by atoms with Gasteiger partial charge >= 0.3 is 0 Å². The highest BCUT2D eigenvalue weighted by Crippen LogP contribution is 2.20. The van der Waals surface area contributed by atoms with Crippen LogP contribution in [0.15, 0.2) is 53.4 Å². The molecule has 120 valence electrons. The summed E-state index contributed by atoms with van der Waals surface area (Å²) in [5.41, 5.74) is 1.46. The third kappa shape index (κ3) is 5.10. The summed E-state index contributed by atoms with van der Waals surface area (Å²) < 4.78 is 13.4. The lowest BCUT2D eigenvalue weighted by molar-refractivity contribution is -0.118. The minimum absolute atomic E-state index is 0.150. The summed E-state index contributed by atoms with van der Waals surface area (Å²) >= 11 is 1.16. The zero-order valence-corrected chi connectivity index (χ0v) is 13.5. The topological polar surface area (TPSA) is 58.2 Å². The van der Waals surface area contributed by atoms with Crippen LogP contribution in [0.2, 0.25) is 0 Å². The normalized spacial score (nSPS) is 10.2. The maximum absolute atomic E-state index is 13.4. The van der Waals surface area contributed by atoms with Crippen LogP contribution in [-0.2, 0) is 11.3 Å². The molecule has 6 heteroatoms. The van der Waals surface area contributed by atoms with E-state index in [1.165, 1.54) is 6.07 Å². The third-order valence-corrected chi connectivity index (χ3v) is 4.18. The molecule has 23 heavy (non-hydrogen) atoms. The van der Waals surface area contributed by atoms with Crippen molar-refractivity contribution in [1.29, 1.82) is 0 Å². The fourth-order valence-electron chi connectivity index (χ4n) is 1.88. The monoisotopic (exact) mass is 332 g/mol. The fraction of sp³-hybridized carbons (Fsp3) is 0.176. The first-order chi connectivity index (χ1) is 11.1. The Balaban J connectivity index is 1.80. The van der Waals surface area contributed by atoms with Crippen molar-refractivity contribution in [1.82, 2.24) is 10.6 Å². The van der Waals surface area contributed by atoms with E-state index in [9.17, 15) is 14.0 Å². The van der Waals surface area contributed by atoms with Crippen LogP contribution in [0.4, 0.5) is 4.39 Å². The molecule has 0 unspecified atom stereocenters. The van der Waals surface area contributed by atoms with Crippen molar-refractivity contribution in [2.24, 2.45) is 0 Å². The van der Waals surface area contributed by atoms with Gasteiger partial charge in [0.2, 0.25) is 5.91 Å². The van der Waals surface area contributed by atoms with Gasteiger partial charge in [0.25, 0.3) is 5.91 Å². The Bertz CT molecular complexity index is 689. The predicted octanol–water partition coefficient (Wildman–Crippen LogP) is 2.59. The summed E-state index contributed by atoms with van der Waals surface area (Å²) in [5.74, 6) is -0.498. The van der Waals surface area contributed by atoms with Gasteiger partial charge in [0.1, 0.15) is 5.82 Å². The molecule has 0 fully saturated rings. The van der Waals surface area contributed by atoms with Crippen LogP contribution in [0.3, 0.4) is 0 Å². The zero-order valence-electron chi connectivity index (χ0n) is 12.6. The average molecular weight is 332 g/mol. The Morgan fingerprint density at radius 1 is 1.09 bits per heavy atom. The molecule has 4 nitrogen and oxygen atoms in total. The van der Waals surface area contributed by atoms with Gasteiger partial charge < -0.3 is 10.6 Å². The van der Waals surface area contributed by atoms with Gasteiger partial charge in [-0.3, -0.25) is 9.59 Å². The Hall–Kier alpha value is -2.34. The molecular formula is C17H17FN2O2S. The summed E-state index contributed by atoms with van der Waals surface area (Å²) in [7, 11) is 1.57. The lowest BCUT2D eigenvalue weighted by Crippen LogP contribution is -2.24. The molecule has 0 spiro atoms. The summed E-state index contributed by atoms with van der Waals surface area (Å²) in [4.78, 5) is 23.7. The Morgan fingerprint density at radius 2 is 1.78 bits per heavy atom. The molecule has 0 bridgehead atoms. The molecule has 0 aromatic heterocycles. The third-order valence-electron chi connectivity index (χ3n) is 3.13. The Labute approximate surface area is 138 Å². The van der Waals surface area contributed by atoms with Crippen LogP contribution in [0.1, 0.15) is 15.9 Å². The zero-order chi connectivity index (χ0) is 16.7. The highest BCUT2D eigenvalue weighted by atomic mass is 32.2. The molecule has 0 aliphatic rings. The number of carbonyl (C=O) groups excluding carboxylic acids is 2. The second-order valence-electron chi connectivity index (χ2n) is 4.77. The molecule has 2 rings (SSSR count). The first-order valence-electron chi connectivity index (χ1n) is 7.05. The van der Waals surface area contributed by atoms with Crippen molar-refractivity contribution in [3.63, 3.8) is 0 Å². The second-order valence-corrected chi connectivity index (χ2v) is 5.79. The summed E-state index contributed by atoms with van der Waals surface area (Å²) in [6.45, 7) is 0.366. The number of halogens is 1. The molecule has 2 aromatic rings. The molecule has 2 amide bonds. The number of carbonyl (C=O) groups is 2. The van der Waals surface area contributed by atoms with Crippen molar-refractivity contribution >= 4 is 23.6 Å². The van der Waals surface area contributed by atoms with Crippen LogP contribution < -0.4 is 10.6 Å². The smallest absolute Gasteiger partial charge is 0.251 e. The molecule has 0 saturated heterocycles. The minimum atomic E-state index is -0.324. The highest BCUT2D eigenvalue weighted by molar-refractivity contribution is 8.00. The average Bonchev–Trinajstić information content (AvgIpc) is 2.59. The van der Waals surface area contributed by atoms with Crippen molar-refractivity contribution in [2.45, 2.75) is 11.4 Å². The van der Waals surface area contributed by atoms with Gasteiger partial charge in [-0.15, -0.1) is 11.8 Å². The molecule has 0 heterocycles. The van der Waals surface area contributed by atoms with E-state index in [-0.39, 0.29) is 23.4 Å². The van der Waals surface area contributed by atoms with Crippen molar-refractivity contribution in [3.05, 3.63) is 65.5 Å². The van der Waals surface area contributed by atoms with Crippen molar-refractivity contribution < 1.29 is 14.0 Å². The van der Waals surface area contributed by atoms with Crippen molar-refractivity contribution in [2.75, 3.05) is 12.8 Å². The largest absolute Gasteiger partial charge is 0.355 e. The van der Waals surface area contributed by atoms with Gasteiger partial charge in [0.05, 0.1) is 5.75 Å². The lowest BCUT2D eigenvalue weighted by Gasteiger charge is -2.07. The summed E-state index contributed by atoms with van der Waals surface area (Å²) in [5, 5.41) is 5.31. The number of benzene rings is 2. The Morgan fingerprint density at radius 3 is 2.43 bits per heavy atom. The maximum atomic E-state index is 13.4. The lowest BCUT2D eigenvalue weighted by atomic mass is 10.1. The van der Waals surface area contributed by atoms with Crippen molar-refractivity contribution in [3.8, 4) is 0 Å². The second kappa shape index (κ2) is 8.33. The summed E-state index contributed by atoms with van der Waals surface area (Å²) in [6, 6.07) is 13.3. The van der Waals surface area contributed by atoms with Gasteiger partial charge in [-0.1, -0.05) is 24.3 Å². The Kier molecular flexibility index (Phi) is 6.17. The van der Waals surface area contributed by atoms with Crippen LogP contribution >= 0.6 is 11.8 Å². The first kappa shape index (κ1) is 17.0. The van der Waals surface area contributed by atoms with Gasteiger partial charge in [-0.2, -0.15) is 0 Å². The number of thioether (sulfide) groups is 1. The van der Waals surface area contributed by atoms with E-state index in [4.69, 9.17) is 0 Å². The van der Waals surface area contributed by atoms with E-state index < -0.39 is 0 Å². The fourth-order valence-corrected chi connectivity index (χ4v) is 2.64. The van der Waals surface area contributed by atoms with Gasteiger partial charge in [-0.05, 0) is 29.8 Å².